The van der Waals surface area contributed by atoms with Gasteiger partial charge in [-0.1, -0.05) is 12.8 Å². The summed E-state index contributed by atoms with van der Waals surface area (Å²) >= 11 is 0. The molecule has 4 heteroatoms. The summed E-state index contributed by atoms with van der Waals surface area (Å²) < 4.78 is 5.54. The van der Waals surface area contributed by atoms with Gasteiger partial charge in [0.25, 0.3) is 0 Å². The first-order valence-electron chi connectivity index (χ1n) is 9.29. The molecule has 0 bridgehead atoms. The van der Waals surface area contributed by atoms with Crippen molar-refractivity contribution in [1.82, 2.24) is 10.6 Å². The van der Waals surface area contributed by atoms with Crippen LogP contribution in [0.5, 0.6) is 0 Å². The number of ether oxygens (including phenoxy) is 1. The molecular formula is C18H34N2O2. The number of carbonyl (C=O) groups is 1. The topological polar surface area (TPSA) is 50.4 Å². The first-order chi connectivity index (χ1) is 10.7. The van der Waals surface area contributed by atoms with Crippen LogP contribution in [0.3, 0.4) is 0 Å². The van der Waals surface area contributed by atoms with Crippen LogP contribution in [0.25, 0.3) is 0 Å². The molecule has 1 saturated carbocycles. The van der Waals surface area contributed by atoms with Crippen LogP contribution in [0.4, 0.5) is 0 Å². The Morgan fingerprint density at radius 1 is 1.27 bits per heavy atom. The maximum atomic E-state index is 12.2. The predicted octanol–water partition coefficient (Wildman–Crippen LogP) is 2.87. The second-order valence-electron chi connectivity index (χ2n) is 7.16. The quantitative estimate of drug-likeness (QED) is 0.644. The van der Waals surface area contributed by atoms with Gasteiger partial charge in [-0.3, -0.25) is 4.79 Å². The number of hydrogen-bond donors (Lipinski definition) is 2. The van der Waals surface area contributed by atoms with Gasteiger partial charge in [-0.2, -0.15) is 0 Å². The summed E-state index contributed by atoms with van der Waals surface area (Å²) in [5.41, 5.74) is 0.305. The molecular weight excluding hydrogens is 276 g/mol. The molecule has 0 radical (unpaired) electrons. The Kier molecular flexibility index (Phi) is 7.67. The lowest BCUT2D eigenvalue weighted by Gasteiger charge is -2.29. The number of hydrogen-bond acceptors (Lipinski definition) is 3. The molecule has 4 nitrogen and oxygen atoms in total. The van der Waals surface area contributed by atoms with E-state index in [4.69, 9.17) is 4.74 Å². The van der Waals surface area contributed by atoms with Gasteiger partial charge in [0.1, 0.15) is 0 Å². The normalized spacial score (nSPS) is 21.9. The van der Waals surface area contributed by atoms with Crippen LogP contribution in [-0.4, -0.2) is 38.8 Å². The fourth-order valence-corrected chi connectivity index (χ4v) is 3.95. The van der Waals surface area contributed by atoms with Crippen molar-refractivity contribution in [3.63, 3.8) is 0 Å². The minimum atomic E-state index is 0.251. The second-order valence-corrected chi connectivity index (χ2v) is 7.16. The molecule has 2 N–H and O–H groups in total. The lowest BCUT2D eigenvalue weighted by atomic mass is 9.83. The minimum Gasteiger partial charge on any atom is -0.382 e. The molecule has 2 rings (SSSR count). The Bertz CT molecular complexity index is 321. The molecule has 128 valence electrons. The maximum Gasteiger partial charge on any atom is 0.220 e. The summed E-state index contributed by atoms with van der Waals surface area (Å²) in [6.07, 6.45) is 10.4. The molecule has 0 aromatic heterocycles. The zero-order valence-electron chi connectivity index (χ0n) is 14.3. The monoisotopic (exact) mass is 310 g/mol. The summed E-state index contributed by atoms with van der Waals surface area (Å²) in [4.78, 5) is 12.2. The number of rotatable bonds is 9. The van der Waals surface area contributed by atoms with Crippen molar-refractivity contribution in [2.24, 2.45) is 11.3 Å². The van der Waals surface area contributed by atoms with Gasteiger partial charge < -0.3 is 15.4 Å². The molecule has 22 heavy (non-hydrogen) atoms. The van der Waals surface area contributed by atoms with E-state index in [2.05, 4.69) is 10.6 Å². The van der Waals surface area contributed by atoms with E-state index < -0.39 is 0 Å². The van der Waals surface area contributed by atoms with E-state index in [1.165, 1.54) is 38.5 Å². The van der Waals surface area contributed by atoms with Crippen LogP contribution in [0, 0.1) is 11.3 Å². The SMILES string of the molecule is CCOCCC1(CNC(=O)CCC2CCNCC2)CCCC1. The van der Waals surface area contributed by atoms with Crippen molar-refractivity contribution in [3.8, 4) is 0 Å². The fraction of sp³-hybridized carbons (Fsp3) is 0.944. The van der Waals surface area contributed by atoms with E-state index in [-0.39, 0.29) is 5.91 Å². The number of piperidine rings is 1. The molecule has 0 atom stereocenters. The maximum absolute atomic E-state index is 12.2. The van der Waals surface area contributed by atoms with Gasteiger partial charge in [-0.15, -0.1) is 0 Å². The Labute approximate surface area is 135 Å². The zero-order chi connectivity index (χ0) is 15.7. The summed E-state index contributed by atoms with van der Waals surface area (Å²) in [7, 11) is 0. The van der Waals surface area contributed by atoms with E-state index >= 15 is 0 Å². The standard InChI is InChI=1S/C18H34N2O2/c1-2-22-14-11-18(9-3-4-10-18)15-20-17(21)6-5-16-7-12-19-13-8-16/h16,19H,2-15H2,1H3,(H,20,21). The summed E-state index contributed by atoms with van der Waals surface area (Å²) in [5.74, 6) is 0.992. The average Bonchev–Trinajstić information content (AvgIpc) is 3.01. The first kappa shape index (κ1) is 17.7. The highest BCUT2D eigenvalue weighted by Crippen LogP contribution is 2.40. The highest BCUT2D eigenvalue weighted by molar-refractivity contribution is 5.75. The Balaban J connectivity index is 1.66. The van der Waals surface area contributed by atoms with Gasteiger partial charge in [0.05, 0.1) is 0 Å². The van der Waals surface area contributed by atoms with Crippen molar-refractivity contribution >= 4 is 5.91 Å². The van der Waals surface area contributed by atoms with Crippen LogP contribution in [0.2, 0.25) is 0 Å². The van der Waals surface area contributed by atoms with Gasteiger partial charge in [0.15, 0.2) is 0 Å². The predicted molar refractivity (Wildman–Crippen MR) is 89.8 cm³/mol. The largest absolute Gasteiger partial charge is 0.382 e. The molecule has 2 fully saturated rings. The van der Waals surface area contributed by atoms with Gasteiger partial charge >= 0.3 is 0 Å². The number of amides is 1. The summed E-state index contributed by atoms with van der Waals surface area (Å²) in [6, 6.07) is 0. The summed E-state index contributed by atoms with van der Waals surface area (Å²) in [6.45, 7) is 6.76. The molecule has 0 spiro atoms. The van der Waals surface area contributed by atoms with Crippen LogP contribution in [0.15, 0.2) is 0 Å². The molecule has 1 saturated heterocycles. The molecule has 0 aromatic carbocycles. The smallest absolute Gasteiger partial charge is 0.220 e. The van der Waals surface area contributed by atoms with E-state index in [0.717, 1.165) is 51.6 Å². The molecule has 1 amide bonds. The van der Waals surface area contributed by atoms with Gasteiger partial charge in [-0.25, -0.2) is 0 Å². The van der Waals surface area contributed by atoms with Crippen LogP contribution in [-0.2, 0) is 9.53 Å². The van der Waals surface area contributed by atoms with Crippen molar-refractivity contribution in [2.75, 3.05) is 32.8 Å². The first-order valence-corrected chi connectivity index (χ1v) is 9.29. The van der Waals surface area contributed by atoms with Crippen molar-refractivity contribution in [1.29, 1.82) is 0 Å². The highest BCUT2D eigenvalue weighted by atomic mass is 16.5. The van der Waals surface area contributed by atoms with E-state index in [1.807, 2.05) is 6.92 Å². The fourth-order valence-electron chi connectivity index (χ4n) is 3.95. The zero-order valence-corrected chi connectivity index (χ0v) is 14.3. The minimum absolute atomic E-state index is 0.251. The third-order valence-corrected chi connectivity index (χ3v) is 5.54. The third-order valence-electron chi connectivity index (χ3n) is 5.54. The van der Waals surface area contributed by atoms with Gasteiger partial charge in [0.2, 0.25) is 5.91 Å². The van der Waals surface area contributed by atoms with E-state index in [9.17, 15) is 4.79 Å². The molecule has 0 unspecified atom stereocenters. The Hall–Kier alpha value is -0.610. The lowest BCUT2D eigenvalue weighted by Crippen LogP contribution is -2.37. The van der Waals surface area contributed by atoms with Crippen molar-refractivity contribution in [2.45, 2.75) is 64.7 Å². The van der Waals surface area contributed by atoms with Crippen molar-refractivity contribution in [3.05, 3.63) is 0 Å². The highest BCUT2D eigenvalue weighted by Gasteiger charge is 2.33. The van der Waals surface area contributed by atoms with Gasteiger partial charge in [-0.05, 0) is 69.9 Å². The number of carbonyl (C=O) groups excluding carboxylic acids is 1. The van der Waals surface area contributed by atoms with E-state index in [0.29, 0.717) is 11.8 Å². The molecule has 1 aliphatic heterocycles. The molecule has 1 heterocycles. The Morgan fingerprint density at radius 3 is 2.68 bits per heavy atom. The van der Waals surface area contributed by atoms with Crippen LogP contribution in [0.1, 0.15) is 64.7 Å². The molecule has 1 aliphatic carbocycles. The molecule has 0 aromatic rings. The number of nitrogens with one attached hydrogen (secondary N) is 2. The van der Waals surface area contributed by atoms with Crippen LogP contribution >= 0.6 is 0 Å². The average molecular weight is 310 g/mol. The molecule has 2 aliphatic rings. The van der Waals surface area contributed by atoms with Gasteiger partial charge in [0, 0.05) is 26.2 Å². The van der Waals surface area contributed by atoms with E-state index in [1.54, 1.807) is 0 Å². The lowest BCUT2D eigenvalue weighted by molar-refractivity contribution is -0.122. The third kappa shape index (κ3) is 5.88. The second kappa shape index (κ2) is 9.51. The Morgan fingerprint density at radius 2 is 2.00 bits per heavy atom. The summed E-state index contributed by atoms with van der Waals surface area (Å²) in [5, 5.41) is 6.60. The van der Waals surface area contributed by atoms with Crippen LogP contribution < -0.4 is 10.6 Å². The van der Waals surface area contributed by atoms with Crippen molar-refractivity contribution < 1.29 is 9.53 Å².